The average Bonchev–Trinajstić information content (AvgIpc) is 2.78. The van der Waals surface area contributed by atoms with Crippen molar-refractivity contribution in [3.63, 3.8) is 0 Å². The molecule has 9 nitrogen and oxygen atoms in total. The monoisotopic (exact) mass is 473 g/mol. The van der Waals surface area contributed by atoms with Crippen LogP contribution in [-0.4, -0.2) is 47.1 Å². The van der Waals surface area contributed by atoms with Gasteiger partial charge in [0.05, 0.1) is 13.7 Å². The molecule has 1 atom stereocenters. The molecule has 0 spiro atoms. The molecule has 0 aliphatic heterocycles. The Hall–Kier alpha value is -3.07. The second-order valence-corrected chi connectivity index (χ2v) is 9.41. The number of nitrogen functional groups attached to an aromatic ring is 1. The van der Waals surface area contributed by atoms with Crippen LogP contribution >= 0.6 is 0 Å². The maximum Gasteiger partial charge on any atom is 0.330 e. The lowest BCUT2D eigenvalue weighted by atomic mass is 10.1. The van der Waals surface area contributed by atoms with E-state index < -0.39 is 11.2 Å². The lowest BCUT2D eigenvalue weighted by molar-refractivity contribution is -0.120. The Morgan fingerprint density at radius 2 is 1.82 bits per heavy atom. The third-order valence-corrected chi connectivity index (χ3v) is 5.75. The average molecular weight is 474 g/mol. The lowest BCUT2D eigenvalue weighted by Crippen LogP contribution is -2.47. The first-order valence-electron chi connectivity index (χ1n) is 11.8. The predicted molar refractivity (Wildman–Crippen MR) is 136 cm³/mol. The van der Waals surface area contributed by atoms with Gasteiger partial charge in [-0.1, -0.05) is 46.8 Å². The molecule has 34 heavy (non-hydrogen) atoms. The number of hydrogen-bond acceptors (Lipinski definition) is 6. The highest BCUT2D eigenvalue weighted by Gasteiger charge is 2.28. The molecule has 2 aromatic rings. The SMILES string of the molecule is CCN(CC(=O)N(CC(C)C)c1c(N)n(CC(C)C)c(=O)[nH]c1=O)C(C)c1cccc(OC)c1. The second kappa shape index (κ2) is 11.9. The zero-order chi connectivity index (χ0) is 25.6. The van der Waals surface area contributed by atoms with E-state index in [0.29, 0.717) is 19.6 Å². The number of rotatable bonds is 11. The summed E-state index contributed by atoms with van der Waals surface area (Å²) in [5.41, 5.74) is 6.14. The van der Waals surface area contributed by atoms with E-state index in [1.165, 1.54) is 9.47 Å². The van der Waals surface area contributed by atoms with Gasteiger partial charge in [-0.05, 0) is 43.0 Å². The van der Waals surface area contributed by atoms with Gasteiger partial charge in [-0.15, -0.1) is 0 Å². The predicted octanol–water partition coefficient (Wildman–Crippen LogP) is 2.86. The van der Waals surface area contributed by atoms with Crippen molar-refractivity contribution in [2.45, 2.75) is 54.1 Å². The van der Waals surface area contributed by atoms with Crippen LogP contribution in [0.15, 0.2) is 33.9 Å². The van der Waals surface area contributed by atoms with Crippen molar-refractivity contribution in [1.82, 2.24) is 14.5 Å². The Morgan fingerprint density at radius 1 is 1.15 bits per heavy atom. The van der Waals surface area contributed by atoms with Gasteiger partial charge in [0.2, 0.25) is 5.91 Å². The quantitative estimate of drug-likeness (QED) is 0.519. The first kappa shape index (κ1) is 27.2. The number of benzene rings is 1. The third-order valence-electron chi connectivity index (χ3n) is 5.75. The Morgan fingerprint density at radius 3 is 2.38 bits per heavy atom. The minimum atomic E-state index is -0.652. The summed E-state index contributed by atoms with van der Waals surface area (Å²) in [5, 5.41) is 0. The van der Waals surface area contributed by atoms with Crippen LogP contribution in [0.4, 0.5) is 11.5 Å². The number of aromatic nitrogens is 2. The van der Waals surface area contributed by atoms with Gasteiger partial charge >= 0.3 is 5.69 Å². The van der Waals surface area contributed by atoms with E-state index in [0.717, 1.165) is 11.3 Å². The molecule has 0 bridgehead atoms. The molecular formula is C25H39N5O4. The van der Waals surface area contributed by atoms with E-state index >= 15 is 0 Å². The normalized spacial score (nSPS) is 12.4. The molecule has 0 saturated carbocycles. The second-order valence-electron chi connectivity index (χ2n) is 9.41. The zero-order valence-corrected chi connectivity index (χ0v) is 21.4. The van der Waals surface area contributed by atoms with E-state index in [4.69, 9.17) is 10.5 Å². The van der Waals surface area contributed by atoms with Crippen molar-refractivity contribution in [3.05, 3.63) is 50.7 Å². The van der Waals surface area contributed by atoms with Gasteiger partial charge in [0, 0.05) is 19.1 Å². The number of anilines is 2. The molecule has 0 aliphatic carbocycles. The van der Waals surface area contributed by atoms with Crippen LogP contribution in [0.3, 0.4) is 0 Å². The lowest BCUT2D eigenvalue weighted by Gasteiger charge is -2.32. The van der Waals surface area contributed by atoms with Gasteiger partial charge in [0.15, 0.2) is 5.69 Å². The third kappa shape index (κ3) is 6.50. The number of aromatic amines is 1. The van der Waals surface area contributed by atoms with Crippen molar-refractivity contribution in [3.8, 4) is 5.75 Å². The molecule has 1 unspecified atom stereocenters. The Balaban J connectivity index is 2.44. The van der Waals surface area contributed by atoms with E-state index in [-0.39, 0.29) is 41.8 Å². The highest BCUT2D eigenvalue weighted by atomic mass is 16.5. The molecule has 1 amide bonds. The van der Waals surface area contributed by atoms with Gasteiger partial charge in [-0.3, -0.25) is 24.0 Å². The van der Waals surface area contributed by atoms with Crippen LogP contribution in [0.25, 0.3) is 0 Å². The van der Waals surface area contributed by atoms with Crippen LogP contribution in [0.2, 0.25) is 0 Å². The number of hydrogen-bond donors (Lipinski definition) is 2. The number of amides is 1. The van der Waals surface area contributed by atoms with Crippen molar-refractivity contribution >= 4 is 17.4 Å². The Labute approximate surface area is 201 Å². The van der Waals surface area contributed by atoms with E-state index in [2.05, 4.69) is 4.98 Å². The summed E-state index contributed by atoms with van der Waals surface area (Å²) in [4.78, 5) is 44.6. The summed E-state index contributed by atoms with van der Waals surface area (Å²) >= 11 is 0. The summed E-state index contributed by atoms with van der Waals surface area (Å²) in [6.07, 6.45) is 0. The summed E-state index contributed by atoms with van der Waals surface area (Å²) in [7, 11) is 1.62. The number of likely N-dealkylation sites (N-methyl/N-ethyl adjacent to an activating group) is 1. The summed E-state index contributed by atoms with van der Waals surface area (Å²) in [5.74, 6) is 0.726. The van der Waals surface area contributed by atoms with Crippen molar-refractivity contribution < 1.29 is 9.53 Å². The van der Waals surface area contributed by atoms with E-state index in [9.17, 15) is 14.4 Å². The number of nitrogens with one attached hydrogen (secondary N) is 1. The van der Waals surface area contributed by atoms with Crippen molar-refractivity contribution in [2.75, 3.05) is 37.4 Å². The fourth-order valence-corrected chi connectivity index (χ4v) is 3.96. The fraction of sp³-hybridized carbons (Fsp3) is 0.560. The molecule has 2 rings (SSSR count). The fourth-order valence-electron chi connectivity index (χ4n) is 3.96. The number of carbonyl (C=O) groups is 1. The van der Waals surface area contributed by atoms with Crippen molar-refractivity contribution in [2.24, 2.45) is 11.8 Å². The zero-order valence-electron chi connectivity index (χ0n) is 21.4. The highest BCUT2D eigenvalue weighted by molar-refractivity contribution is 5.96. The minimum Gasteiger partial charge on any atom is -0.497 e. The van der Waals surface area contributed by atoms with Gasteiger partial charge in [-0.25, -0.2) is 4.79 Å². The molecule has 1 aromatic carbocycles. The number of methoxy groups -OCH3 is 1. The van der Waals surface area contributed by atoms with Crippen LogP contribution in [-0.2, 0) is 11.3 Å². The molecule has 3 N–H and O–H groups in total. The minimum absolute atomic E-state index is 0.0142. The molecule has 0 saturated heterocycles. The number of nitrogens with two attached hydrogens (primary N) is 1. The van der Waals surface area contributed by atoms with Crippen LogP contribution in [0.5, 0.6) is 5.75 Å². The van der Waals surface area contributed by atoms with Crippen LogP contribution in [0, 0.1) is 11.8 Å². The topological polar surface area (TPSA) is 114 Å². The number of H-pyrrole nitrogens is 1. The molecule has 0 radical (unpaired) electrons. The molecule has 188 valence electrons. The number of nitrogens with zero attached hydrogens (tertiary/aromatic N) is 3. The van der Waals surface area contributed by atoms with Gasteiger partial charge in [-0.2, -0.15) is 0 Å². The standard InChI is InChI=1S/C25H39N5O4/c1-8-28(18(6)19-10-9-11-20(12-19)34-7)15-21(31)29(13-16(2)3)22-23(26)30(14-17(4)5)25(33)27-24(22)32/h9-12,16-18H,8,13-15,26H2,1-7H3,(H,27,32,33). The first-order chi connectivity index (χ1) is 16.0. The first-order valence-corrected chi connectivity index (χ1v) is 11.8. The molecule has 1 heterocycles. The Kier molecular flexibility index (Phi) is 9.49. The van der Waals surface area contributed by atoms with Crippen LogP contribution < -0.4 is 26.6 Å². The van der Waals surface area contributed by atoms with E-state index in [1.807, 2.05) is 70.7 Å². The van der Waals surface area contributed by atoms with Gasteiger partial charge in [0.1, 0.15) is 11.6 Å². The molecule has 0 aliphatic rings. The highest BCUT2D eigenvalue weighted by Crippen LogP contribution is 2.25. The number of carbonyl (C=O) groups excluding carboxylic acids is 1. The van der Waals surface area contributed by atoms with Crippen molar-refractivity contribution in [1.29, 1.82) is 0 Å². The van der Waals surface area contributed by atoms with Gasteiger partial charge < -0.3 is 15.4 Å². The molecule has 9 heteroatoms. The molecular weight excluding hydrogens is 434 g/mol. The molecule has 0 fully saturated rings. The Bertz CT molecular complexity index is 1090. The summed E-state index contributed by atoms with van der Waals surface area (Å²) in [6.45, 7) is 13.2. The van der Waals surface area contributed by atoms with E-state index in [1.54, 1.807) is 7.11 Å². The number of ether oxygens (including phenoxy) is 1. The summed E-state index contributed by atoms with van der Waals surface area (Å²) < 4.78 is 6.67. The smallest absolute Gasteiger partial charge is 0.330 e. The van der Waals surface area contributed by atoms with Gasteiger partial charge in [0.25, 0.3) is 5.56 Å². The largest absolute Gasteiger partial charge is 0.497 e. The molecule has 1 aromatic heterocycles. The maximum absolute atomic E-state index is 13.6. The summed E-state index contributed by atoms with van der Waals surface area (Å²) in [6, 6.07) is 7.69. The maximum atomic E-state index is 13.6. The van der Waals surface area contributed by atoms with Crippen LogP contribution in [0.1, 0.15) is 53.1 Å².